The third-order valence-corrected chi connectivity index (χ3v) is 2.41. The first-order valence-electron chi connectivity index (χ1n) is 5.20. The van der Waals surface area contributed by atoms with Gasteiger partial charge in [0.2, 0.25) is 0 Å². The Morgan fingerprint density at radius 2 is 1.93 bits per heavy atom. The molecule has 0 atom stereocenters. The molecule has 0 saturated carbocycles. The Kier molecular flexibility index (Phi) is 6.13. The van der Waals surface area contributed by atoms with E-state index in [2.05, 4.69) is 30.4 Å². The first-order chi connectivity index (χ1) is 6.95. The van der Waals surface area contributed by atoms with Gasteiger partial charge in [-0.05, 0) is 0 Å². The molecule has 75 valence electrons. The maximum Gasteiger partial charge on any atom is 0 e. The molecule has 0 amide bonds. The molecule has 2 rings (SSSR count). The number of allylic oxidation sites excluding steroid dienone is 3. The summed E-state index contributed by atoms with van der Waals surface area (Å²) >= 11 is 0. The molecule has 1 heteroatoms. The average Bonchev–Trinajstić information content (AvgIpc) is 2.29. The van der Waals surface area contributed by atoms with E-state index in [0.717, 1.165) is 12.0 Å². The molecule has 0 spiro atoms. The minimum Gasteiger partial charge on any atom is -0.323 e. The van der Waals surface area contributed by atoms with Gasteiger partial charge < -0.3 is 6.08 Å². The minimum atomic E-state index is 0. The zero-order valence-corrected chi connectivity index (χ0v) is 11.7. The number of hydrogen-bond donors (Lipinski definition) is 0. The van der Waals surface area contributed by atoms with Crippen LogP contribution in [0.2, 0.25) is 0 Å². The second-order valence-electron chi connectivity index (χ2n) is 3.56. The molecule has 1 radical (unpaired) electrons. The maximum atomic E-state index is 3.39. The van der Waals surface area contributed by atoms with Crippen LogP contribution in [0.1, 0.15) is 31.2 Å². The summed E-state index contributed by atoms with van der Waals surface area (Å²) in [4.78, 5) is 0. The minimum absolute atomic E-state index is 0. The van der Waals surface area contributed by atoms with Gasteiger partial charge in [0.15, 0.2) is 0 Å². The van der Waals surface area contributed by atoms with Gasteiger partial charge in [-0.15, -0.1) is 30.7 Å². The van der Waals surface area contributed by atoms with E-state index in [1.165, 1.54) is 24.8 Å². The van der Waals surface area contributed by atoms with E-state index < -0.39 is 0 Å². The predicted octanol–water partition coefficient (Wildman–Crippen LogP) is 3.70. The summed E-state index contributed by atoms with van der Waals surface area (Å²) in [5, 5.41) is 0. The summed E-state index contributed by atoms with van der Waals surface area (Å²) in [5.41, 5.74) is 2.47. The molecule has 15 heavy (non-hydrogen) atoms. The third-order valence-electron chi connectivity index (χ3n) is 2.41. The van der Waals surface area contributed by atoms with Crippen LogP contribution in [0.15, 0.2) is 42.0 Å². The molecule has 0 N–H and O–H groups in total. The van der Waals surface area contributed by atoms with Crippen LogP contribution in [-0.2, 0) is 32.7 Å². The molecule has 0 fully saturated rings. The van der Waals surface area contributed by atoms with Crippen molar-refractivity contribution in [1.29, 1.82) is 0 Å². The van der Waals surface area contributed by atoms with E-state index in [4.69, 9.17) is 0 Å². The van der Waals surface area contributed by atoms with Crippen LogP contribution < -0.4 is 0 Å². The van der Waals surface area contributed by atoms with Crippen molar-refractivity contribution in [2.24, 2.45) is 0 Å². The van der Waals surface area contributed by atoms with Crippen LogP contribution in [-0.4, -0.2) is 0 Å². The Labute approximate surface area is 117 Å². The first kappa shape index (κ1) is 12.9. The van der Waals surface area contributed by atoms with Crippen LogP contribution in [0.25, 0.3) is 0 Å². The van der Waals surface area contributed by atoms with Gasteiger partial charge in [0.1, 0.15) is 0 Å². The smallest absolute Gasteiger partial charge is 0 e. The molecule has 0 saturated heterocycles. The van der Waals surface area contributed by atoms with Crippen LogP contribution in [0.5, 0.6) is 0 Å². The Hall–Kier alpha value is -0.196. The summed E-state index contributed by atoms with van der Waals surface area (Å²) < 4.78 is 0. The molecule has 0 bridgehead atoms. The standard InChI is InChI=1S/C14H14.Y/c1-3-7-13(8-4-1)11-12-14-9-5-2-6-10-14;/h1,3-4,7-8,12H,2,5-6,9H2;/q-2;. The van der Waals surface area contributed by atoms with Gasteiger partial charge in [-0.2, -0.15) is 5.56 Å². The van der Waals surface area contributed by atoms with E-state index in [1.807, 2.05) is 18.2 Å². The quantitative estimate of drug-likeness (QED) is 0.719. The topological polar surface area (TPSA) is 0 Å². The van der Waals surface area contributed by atoms with E-state index >= 15 is 0 Å². The van der Waals surface area contributed by atoms with Gasteiger partial charge in [-0.1, -0.05) is 25.3 Å². The normalized spacial score (nSPS) is 15.9. The van der Waals surface area contributed by atoms with Gasteiger partial charge in [0, 0.05) is 32.7 Å². The molecule has 1 aromatic carbocycles. The van der Waals surface area contributed by atoms with E-state index in [0.29, 0.717) is 0 Å². The molecular weight excluding hydrogens is 257 g/mol. The van der Waals surface area contributed by atoms with Crippen molar-refractivity contribution in [2.75, 3.05) is 0 Å². The van der Waals surface area contributed by atoms with E-state index in [1.54, 1.807) is 0 Å². The third kappa shape index (κ3) is 4.44. The fraction of sp³-hybridized carbons (Fsp3) is 0.286. The Morgan fingerprint density at radius 1 is 1.13 bits per heavy atom. The summed E-state index contributed by atoms with van der Waals surface area (Å²) in [5.74, 6) is 0. The van der Waals surface area contributed by atoms with Crippen molar-refractivity contribution in [1.82, 2.24) is 0 Å². The van der Waals surface area contributed by atoms with Crippen LogP contribution in [0.3, 0.4) is 0 Å². The van der Waals surface area contributed by atoms with Crippen molar-refractivity contribution in [2.45, 2.75) is 25.7 Å². The molecule has 1 aliphatic rings. The van der Waals surface area contributed by atoms with Gasteiger partial charge in [-0.25, -0.2) is 6.08 Å². The van der Waals surface area contributed by atoms with Gasteiger partial charge in [0.25, 0.3) is 0 Å². The number of rotatable bonds is 2. The van der Waals surface area contributed by atoms with Gasteiger partial charge in [-0.3, -0.25) is 11.6 Å². The zero-order valence-electron chi connectivity index (χ0n) is 8.87. The van der Waals surface area contributed by atoms with Crippen molar-refractivity contribution in [3.8, 4) is 0 Å². The summed E-state index contributed by atoms with van der Waals surface area (Å²) in [6.45, 7) is 0. The molecule has 0 aliphatic heterocycles. The van der Waals surface area contributed by atoms with Gasteiger partial charge >= 0.3 is 0 Å². The average molecular weight is 271 g/mol. The van der Waals surface area contributed by atoms with Crippen molar-refractivity contribution in [3.05, 3.63) is 59.7 Å². The number of hydrogen-bond acceptors (Lipinski definition) is 0. The van der Waals surface area contributed by atoms with Crippen LogP contribution in [0.4, 0.5) is 0 Å². The molecule has 0 heterocycles. The Bertz CT molecular complexity index is 336. The van der Waals surface area contributed by atoms with Crippen LogP contribution in [0, 0.1) is 12.2 Å². The van der Waals surface area contributed by atoms with Crippen molar-refractivity contribution >= 4 is 0 Å². The summed E-state index contributed by atoms with van der Waals surface area (Å²) in [6.07, 6.45) is 13.6. The second kappa shape index (κ2) is 7.14. The number of benzene rings is 1. The zero-order chi connectivity index (χ0) is 9.64. The molecular formula is C14H14Y-2. The fourth-order valence-corrected chi connectivity index (χ4v) is 1.61. The van der Waals surface area contributed by atoms with E-state index in [-0.39, 0.29) is 32.7 Å². The molecule has 1 aromatic rings. The first-order valence-corrected chi connectivity index (χ1v) is 5.20. The fourth-order valence-electron chi connectivity index (χ4n) is 1.61. The molecule has 0 unspecified atom stereocenters. The van der Waals surface area contributed by atoms with Crippen molar-refractivity contribution < 1.29 is 32.7 Å². The predicted molar refractivity (Wildman–Crippen MR) is 58.6 cm³/mol. The summed E-state index contributed by atoms with van der Waals surface area (Å²) in [7, 11) is 0. The Balaban J connectivity index is 0.00000112. The summed E-state index contributed by atoms with van der Waals surface area (Å²) in [6, 6.07) is 10.2. The second-order valence-corrected chi connectivity index (χ2v) is 3.56. The monoisotopic (exact) mass is 271 g/mol. The Morgan fingerprint density at radius 3 is 2.60 bits per heavy atom. The molecule has 0 nitrogen and oxygen atoms in total. The van der Waals surface area contributed by atoms with Crippen LogP contribution >= 0.6 is 0 Å². The molecule has 1 aliphatic carbocycles. The molecule has 0 aromatic heterocycles. The SMILES string of the molecule is [C-](=CC1=[C-]CCCC1)c1ccccc1.[Y]. The largest absolute Gasteiger partial charge is 0.323 e. The van der Waals surface area contributed by atoms with E-state index in [9.17, 15) is 0 Å². The van der Waals surface area contributed by atoms with Crippen molar-refractivity contribution in [3.63, 3.8) is 0 Å². The maximum absolute atomic E-state index is 3.39. The van der Waals surface area contributed by atoms with Gasteiger partial charge in [0.05, 0.1) is 0 Å².